The van der Waals surface area contributed by atoms with Crippen molar-refractivity contribution < 1.29 is 9.26 Å². The Morgan fingerprint density at radius 1 is 1.24 bits per heavy atom. The van der Waals surface area contributed by atoms with Gasteiger partial charge in [-0.3, -0.25) is 0 Å². The highest BCUT2D eigenvalue weighted by Crippen LogP contribution is 2.23. The quantitative estimate of drug-likeness (QED) is 0.913. The average molecular weight is 287 g/mol. The van der Waals surface area contributed by atoms with E-state index >= 15 is 0 Å². The highest BCUT2D eigenvalue weighted by atomic mass is 16.5. The van der Waals surface area contributed by atoms with Gasteiger partial charge in [0.25, 0.3) is 0 Å². The summed E-state index contributed by atoms with van der Waals surface area (Å²) in [5.74, 6) is 1.26. The van der Waals surface area contributed by atoms with E-state index in [1.54, 1.807) is 0 Å². The standard InChI is InChI=1S/C16H21N3O2/c17-11-14(12-6-2-1-3-7-12)16-18-15(19-21-16)10-13-8-4-5-9-20-13/h1-3,6-7,13-14H,4-5,8-11,17H2. The van der Waals surface area contributed by atoms with Gasteiger partial charge >= 0.3 is 0 Å². The zero-order valence-electron chi connectivity index (χ0n) is 12.1. The van der Waals surface area contributed by atoms with Gasteiger partial charge in [-0.1, -0.05) is 35.5 Å². The summed E-state index contributed by atoms with van der Waals surface area (Å²) in [6.45, 7) is 1.29. The lowest BCUT2D eigenvalue weighted by Crippen LogP contribution is -2.22. The summed E-state index contributed by atoms with van der Waals surface area (Å²) in [6, 6.07) is 10.0. The van der Waals surface area contributed by atoms with Gasteiger partial charge in [-0.15, -0.1) is 0 Å². The zero-order chi connectivity index (χ0) is 14.5. The van der Waals surface area contributed by atoms with Gasteiger partial charge in [0, 0.05) is 19.6 Å². The fourth-order valence-electron chi connectivity index (χ4n) is 2.73. The predicted molar refractivity (Wildman–Crippen MR) is 78.9 cm³/mol. The molecule has 1 fully saturated rings. The molecule has 1 aromatic heterocycles. The van der Waals surface area contributed by atoms with Crippen LogP contribution in [-0.2, 0) is 11.2 Å². The number of hydrogen-bond acceptors (Lipinski definition) is 5. The van der Waals surface area contributed by atoms with E-state index in [1.165, 1.54) is 6.42 Å². The Morgan fingerprint density at radius 3 is 2.81 bits per heavy atom. The monoisotopic (exact) mass is 287 g/mol. The van der Waals surface area contributed by atoms with E-state index in [-0.39, 0.29) is 12.0 Å². The molecule has 2 unspecified atom stereocenters. The largest absolute Gasteiger partial charge is 0.378 e. The molecular weight excluding hydrogens is 266 g/mol. The summed E-state index contributed by atoms with van der Waals surface area (Å²) in [5, 5.41) is 4.08. The van der Waals surface area contributed by atoms with Crippen LogP contribution in [-0.4, -0.2) is 29.4 Å². The minimum Gasteiger partial charge on any atom is -0.378 e. The SMILES string of the molecule is NCC(c1ccccc1)c1nc(CC2CCCCO2)no1. The number of nitrogens with zero attached hydrogens (tertiary/aromatic N) is 2. The number of nitrogens with two attached hydrogens (primary N) is 1. The summed E-state index contributed by atoms with van der Waals surface area (Å²) in [6.07, 6.45) is 4.37. The molecule has 1 aliphatic heterocycles. The molecule has 0 radical (unpaired) electrons. The first-order chi connectivity index (χ1) is 10.4. The van der Waals surface area contributed by atoms with Crippen LogP contribution in [0.5, 0.6) is 0 Å². The molecule has 5 heteroatoms. The van der Waals surface area contributed by atoms with Crippen molar-refractivity contribution in [1.82, 2.24) is 10.1 Å². The van der Waals surface area contributed by atoms with Gasteiger partial charge in [0.05, 0.1) is 12.0 Å². The van der Waals surface area contributed by atoms with E-state index < -0.39 is 0 Å². The van der Waals surface area contributed by atoms with E-state index in [0.717, 1.165) is 31.4 Å². The first kappa shape index (κ1) is 14.2. The molecule has 5 nitrogen and oxygen atoms in total. The van der Waals surface area contributed by atoms with E-state index in [4.69, 9.17) is 15.0 Å². The van der Waals surface area contributed by atoms with Crippen molar-refractivity contribution in [3.05, 3.63) is 47.6 Å². The van der Waals surface area contributed by atoms with Gasteiger partial charge in [-0.05, 0) is 24.8 Å². The third kappa shape index (κ3) is 3.49. The molecule has 2 heterocycles. The van der Waals surface area contributed by atoms with Crippen molar-refractivity contribution in [3.63, 3.8) is 0 Å². The third-order valence-electron chi connectivity index (χ3n) is 3.90. The van der Waals surface area contributed by atoms with Gasteiger partial charge in [0.2, 0.25) is 5.89 Å². The zero-order valence-corrected chi connectivity index (χ0v) is 12.1. The molecule has 1 saturated heterocycles. The fraction of sp³-hybridized carbons (Fsp3) is 0.500. The Morgan fingerprint density at radius 2 is 2.10 bits per heavy atom. The van der Waals surface area contributed by atoms with E-state index in [2.05, 4.69) is 10.1 Å². The lowest BCUT2D eigenvalue weighted by molar-refractivity contribution is 0.0153. The van der Waals surface area contributed by atoms with Crippen LogP contribution in [0.3, 0.4) is 0 Å². The molecule has 3 rings (SSSR count). The molecule has 0 aliphatic carbocycles. The summed E-state index contributed by atoms with van der Waals surface area (Å²) >= 11 is 0. The van der Waals surface area contributed by atoms with Crippen molar-refractivity contribution in [2.75, 3.05) is 13.2 Å². The number of rotatable bonds is 5. The second-order valence-electron chi connectivity index (χ2n) is 5.44. The van der Waals surface area contributed by atoms with Crippen LogP contribution >= 0.6 is 0 Å². The highest BCUT2D eigenvalue weighted by molar-refractivity contribution is 5.24. The van der Waals surface area contributed by atoms with E-state index in [0.29, 0.717) is 18.3 Å². The van der Waals surface area contributed by atoms with Gasteiger partial charge in [0.1, 0.15) is 0 Å². The van der Waals surface area contributed by atoms with Crippen LogP contribution in [0.15, 0.2) is 34.9 Å². The molecule has 21 heavy (non-hydrogen) atoms. The van der Waals surface area contributed by atoms with Gasteiger partial charge in [-0.2, -0.15) is 4.98 Å². The molecular formula is C16H21N3O2. The minimum atomic E-state index is -0.0419. The highest BCUT2D eigenvalue weighted by Gasteiger charge is 2.22. The van der Waals surface area contributed by atoms with E-state index in [9.17, 15) is 0 Å². The maximum absolute atomic E-state index is 5.88. The predicted octanol–water partition coefficient (Wildman–Crippen LogP) is 2.27. The number of benzene rings is 1. The van der Waals surface area contributed by atoms with Crippen molar-refractivity contribution >= 4 is 0 Å². The lowest BCUT2D eigenvalue weighted by Gasteiger charge is -2.20. The first-order valence-corrected chi connectivity index (χ1v) is 7.56. The maximum atomic E-state index is 5.88. The lowest BCUT2D eigenvalue weighted by atomic mass is 9.99. The second kappa shape index (κ2) is 6.83. The van der Waals surface area contributed by atoms with Crippen molar-refractivity contribution in [1.29, 1.82) is 0 Å². The van der Waals surface area contributed by atoms with Gasteiger partial charge in [-0.25, -0.2) is 0 Å². The summed E-state index contributed by atoms with van der Waals surface area (Å²) in [4.78, 5) is 4.51. The van der Waals surface area contributed by atoms with Crippen molar-refractivity contribution in [3.8, 4) is 0 Å². The molecule has 1 aromatic carbocycles. The number of hydrogen-bond donors (Lipinski definition) is 1. The van der Waals surface area contributed by atoms with Gasteiger partial charge < -0.3 is 15.0 Å². The number of ether oxygens (including phenoxy) is 1. The molecule has 0 bridgehead atoms. The van der Waals surface area contributed by atoms with Crippen LogP contribution in [0.4, 0.5) is 0 Å². The Labute approximate surface area is 124 Å². The molecule has 1 aliphatic rings. The van der Waals surface area contributed by atoms with Crippen LogP contribution in [0, 0.1) is 0 Å². The summed E-state index contributed by atoms with van der Waals surface area (Å²) in [7, 11) is 0. The van der Waals surface area contributed by atoms with E-state index in [1.807, 2.05) is 30.3 Å². The van der Waals surface area contributed by atoms with Crippen molar-refractivity contribution in [2.24, 2.45) is 5.73 Å². The molecule has 0 amide bonds. The molecule has 2 aromatic rings. The molecule has 0 saturated carbocycles. The Bertz CT molecular complexity index is 550. The smallest absolute Gasteiger partial charge is 0.235 e. The summed E-state index contributed by atoms with van der Waals surface area (Å²) in [5.41, 5.74) is 6.98. The molecule has 2 N–H and O–H groups in total. The van der Waals surface area contributed by atoms with Crippen LogP contribution in [0.25, 0.3) is 0 Å². The summed E-state index contributed by atoms with van der Waals surface area (Å²) < 4.78 is 11.1. The molecule has 2 atom stereocenters. The maximum Gasteiger partial charge on any atom is 0.235 e. The van der Waals surface area contributed by atoms with Crippen LogP contribution in [0.1, 0.15) is 42.5 Å². The molecule has 0 spiro atoms. The Hall–Kier alpha value is -1.72. The van der Waals surface area contributed by atoms with Crippen LogP contribution in [0.2, 0.25) is 0 Å². The fourth-order valence-corrected chi connectivity index (χ4v) is 2.73. The normalized spacial score (nSPS) is 20.3. The first-order valence-electron chi connectivity index (χ1n) is 7.56. The molecule has 112 valence electrons. The van der Waals surface area contributed by atoms with Crippen molar-refractivity contribution in [2.45, 2.75) is 37.7 Å². The second-order valence-corrected chi connectivity index (χ2v) is 5.44. The Balaban J connectivity index is 1.71. The van der Waals surface area contributed by atoms with Gasteiger partial charge in [0.15, 0.2) is 5.82 Å². The van der Waals surface area contributed by atoms with Crippen LogP contribution < -0.4 is 5.73 Å². The average Bonchev–Trinajstić information content (AvgIpc) is 2.98. The minimum absolute atomic E-state index is 0.0419. The number of aromatic nitrogens is 2. The third-order valence-corrected chi connectivity index (χ3v) is 3.90. The topological polar surface area (TPSA) is 74.2 Å². The Kier molecular flexibility index (Phi) is 4.62.